The first kappa shape index (κ1) is 24.6. The van der Waals surface area contributed by atoms with Crippen LogP contribution in [0.15, 0.2) is 81.1 Å². The van der Waals surface area contributed by atoms with Crippen molar-refractivity contribution in [1.82, 2.24) is 9.47 Å². The number of carbonyl (C=O) groups is 1. The van der Waals surface area contributed by atoms with Crippen molar-refractivity contribution in [1.29, 1.82) is 0 Å². The Bertz CT molecular complexity index is 1530. The van der Waals surface area contributed by atoms with Crippen LogP contribution in [0.2, 0.25) is 0 Å². The largest absolute Gasteiger partial charge is 0.340 e. The summed E-state index contributed by atoms with van der Waals surface area (Å²) in [5.41, 5.74) is 7.78. The highest BCUT2D eigenvalue weighted by Crippen LogP contribution is 2.37. The van der Waals surface area contributed by atoms with Crippen LogP contribution in [-0.4, -0.2) is 27.1 Å². The average Bonchev–Trinajstić information content (AvgIpc) is 3.31. The number of thioether (sulfide) groups is 1. The molecule has 0 aliphatic carbocycles. The van der Waals surface area contributed by atoms with Crippen molar-refractivity contribution < 1.29 is 4.79 Å². The molecule has 3 aromatic carbocycles. The van der Waals surface area contributed by atoms with Crippen LogP contribution in [-0.2, 0) is 11.3 Å². The third kappa shape index (κ3) is 4.67. The van der Waals surface area contributed by atoms with Gasteiger partial charge in [-0.15, -0.1) is 0 Å². The van der Waals surface area contributed by atoms with E-state index in [2.05, 4.69) is 114 Å². The fraction of sp³-hybridized carbons (Fsp3) is 0.200. The second-order valence-corrected chi connectivity index (χ2v) is 11.0. The first-order chi connectivity index (χ1) is 17.4. The number of halogens is 1. The minimum absolute atomic E-state index is 0.00990. The number of fused-ring (bicyclic) bond motifs is 1. The van der Waals surface area contributed by atoms with Crippen molar-refractivity contribution in [3.05, 3.63) is 104 Å². The molecule has 1 amide bonds. The molecule has 0 atom stereocenters. The van der Waals surface area contributed by atoms with Crippen molar-refractivity contribution >= 4 is 61.4 Å². The minimum atomic E-state index is 0.00990. The van der Waals surface area contributed by atoms with Crippen LogP contribution in [0.3, 0.4) is 0 Å². The maximum atomic E-state index is 13.4. The Balaban J connectivity index is 1.57. The standard InChI is InChI=1S/C30H28BrN3OS/c1-5-33-29(35)28(36-30(33)32-26-16-19(2)10-11-20(26)3)17-25-21(4)34(27-9-7-6-8-24(25)27)18-22-12-14-23(31)15-13-22/h6-17H,5,18H2,1-4H3/b28-17+,32-30?. The molecule has 0 saturated carbocycles. The molecular formula is C30H28BrN3OS. The van der Waals surface area contributed by atoms with Gasteiger partial charge in [-0.25, -0.2) is 4.99 Å². The van der Waals surface area contributed by atoms with Gasteiger partial charge in [-0.05, 0) is 86.5 Å². The molecule has 0 radical (unpaired) electrons. The second-order valence-electron chi connectivity index (χ2n) is 9.07. The summed E-state index contributed by atoms with van der Waals surface area (Å²) < 4.78 is 3.40. The van der Waals surface area contributed by atoms with Gasteiger partial charge >= 0.3 is 0 Å². The number of benzene rings is 3. The van der Waals surface area contributed by atoms with Crippen LogP contribution in [0.25, 0.3) is 17.0 Å². The molecule has 5 rings (SSSR count). The predicted octanol–water partition coefficient (Wildman–Crippen LogP) is 8.00. The van der Waals surface area contributed by atoms with Gasteiger partial charge in [-0.3, -0.25) is 9.69 Å². The third-order valence-electron chi connectivity index (χ3n) is 6.59. The summed E-state index contributed by atoms with van der Waals surface area (Å²) in [6, 6.07) is 23.1. The number of hydrogen-bond acceptors (Lipinski definition) is 3. The zero-order chi connectivity index (χ0) is 25.4. The smallest absolute Gasteiger partial charge is 0.266 e. The zero-order valence-corrected chi connectivity index (χ0v) is 23.3. The predicted molar refractivity (Wildman–Crippen MR) is 156 cm³/mol. The van der Waals surface area contributed by atoms with E-state index in [1.54, 1.807) is 4.90 Å². The number of amides is 1. The molecule has 0 bridgehead atoms. The highest BCUT2D eigenvalue weighted by Gasteiger charge is 2.33. The fourth-order valence-corrected chi connectivity index (χ4v) is 5.86. The van der Waals surface area contributed by atoms with E-state index in [9.17, 15) is 4.79 Å². The molecule has 36 heavy (non-hydrogen) atoms. The number of rotatable bonds is 5. The summed E-state index contributed by atoms with van der Waals surface area (Å²) in [6.45, 7) is 9.59. The molecule has 1 aliphatic heterocycles. The number of aryl methyl sites for hydroxylation is 2. The number of nitrogens with zero attached hydrogens (tertiary/aromatic N) is 3. The van der Waals surface area contributed by atoms with E-state index in [-0.39, 0.29) is 5.91 Å². The molecule has 0 unspecified atom stereocenters. The number of para-hydroxylation sites is 1. The Labute approximate surface area is 224 Å². The summed E-state index contributed by atoms with van der Waals surface area (Å²) in [5, 5.41) is 1.88. The van der Waals surface area contributed by atoms with Crippen LogP contribution in [0, 0.1) is 20.8 Å². The first-order valence-electron chi connectivity index (χ1n) is 12.1. The number of amidine groups is 1. The number of hydrogen-bond donors (Lipinski definition) is 0. The first-order valence-corrected chi connectivity index (χ1v) is 13.7. The van der Waals surface area contributed by atoms with Crippen molar-refractivity contribution in [2.75, 3.05) is 6.54 Å². The molecule has 0 N–H and O–H groups in total. The number of aliphatic imine (C=N–C) groups is 1. The van der Waals surface area contributed by atoms with Gasteiger partial charge in [-0.1, -0.05) is 58.4 Å². The molecule has 4 nitrogen and oxygen atoms in total. The molecule has 1 aliphatic rings. The maximum absolute atomic E-state index is 13.4. The van der Waals surface area contributed by atoms with Gasteiger partial charge in [0.1, 0.15) is 0 Å². The van der Waals surface area contributed by atoms with Gasteiger partial charge in [0.25, 0.3) is 5.91 Å². The lowest BCUT2D eigenvalue weighted by atomic mass is 10.1. The van der Waals surface area contributed by atoms with Crippen LogP contribution in [0.4, 0.5) is 5.69 Å². The van der Waals surface area contributed by atoms with Gasteiger partial charge in [0.15, 0.2) is 5.17 Å². The average molecular weight is 559 g/mol. The topological polar surface area (TPSA) is 37.6 Å². The lowest BCUT2D eigenvalue weighted by Crippen LogP contribution is -2.28. The van der Waals surface area contributed by atoms with E-state index in [0.717, 1.165) is 55.2 Å². The molecule has 2 heterocycles. The van der Waals surface area contributed by atoms with Crippen molar-refractivity contribution in [2.45, 2.75) is 34.2 Å². The summed E-state index contributed by atoms with van der Waals surface area (Å²) in [6.07, 6.45) is 2.05. The molecule has 0 spiro atoms. The summed E-state index contributed by atoms with van der Waals surface area (Å²) in [7, 11) is 0. The lowest BCUT2D eigenvalue weighted by molar-refractivity contribution is -0.122. The minimum Gasteiger partial charge on any atom is -0.340 e. The van der Waals surface area contributed by atoms with Crippen molar-refractivity contribution in [3.8, 4) is 0 Å². The normalized spacial score (nSPS) is 16.1. The quantitative estimate of drug-likeness (QED) is 0.233. The fourth-order valence-electron chi connectivity index (χ4n) is 4.56. The lowest BCUT2D eigenvalue weighted by Gasteiger charge is -2.12. The zero-order valence-electron chi connectivity index (χ0n) is 20.9. The van der Waals surface area contributed by atoms with Gasteiger partial charge in [0, 0.05) is 39.7 Å². The van der Waals surface area contributed by atoms with Gasteiger partial charge in [0.05, 0.1) is 10.6 Å². The van der Waals surface area contributed by atoms with Crippen LogP contribution in [0.5, 0.6) is 0 Å². The van der Waals surface area contributed by atoms with Crippen LogP contribution in [0.1, 0.15) is 34.9 Å². The maximum Gasteiger partial charge on any atom is 0.266 e. The van der Waals surface area contributed by atoms with Crippen molar-refractivity contribution in [2.24, 2.45) is 4.99 Å². The van der Waals surface area contributed by atoms with Crippen LogP contribution < -0.4 is 0 Å². The Morgan fingerprint density at radius 2 is 1.75 bits per heavy atom. The van der Waals surface area contributed by atoms with E-state index in [1.807, 2.05) is 6.92 Å². The van der Waals surface area contributed by atoms with Gasteiger partial charge < -0.3 is 4.57 Å². The van der Waals surface area contributed by atoms with Gasteiger partial charge in [-0.2, -0.15) is 0 Å². The highest BCUT2D eigenvalue weighted by atomic mass is 79.9. The van der Waals surface area contributed by atoms with E-state index >= 15 is 0 Å². The number of aromatic nitrogens is 1. The Hall–Kier alpha value is -3.09. The summed E-state index contributed by atoms with van der Waals surface area (Å²) in [4.78, 5) is 20.8. The van der Waals surface area contributed by atoms with E-state index in [4.69, 9.17) is 4.99 Å². The molecular weight excluding hydrogens is 530 g/mol. The summed E-state index contributed by atoms with van der Waals surface area (Å²) in [5.74, 6) is 0.00990. The number of carbonyl (C=O) groups excluding carboxylic acids is 1. The Morgan fingerprint density at radius 3 is 2.50 bits per heavy atom. The van der Waals surface area contributed by atoms with Crippen LogP contribution >= 0.6 is 27.7 Å². The second kappa shape index (κ2) is 10.1. The third-order valence-corrected chi connectivity index (χ3v) is 8.13. The number of likely N-dealkylation sites (N-methyl/N-ethyl adjacent to an activating group) is 1. The SMILES string of the molecule is CCN1C(=O)/C(=C\c2c(C)n(Cc3ccc(Br)cc3)c3ccccc23)SC1=Nc1cc(C)ccc1C. The summed E-state index contributed by atoms with van der Waals surface area (Å²) >= 11 is 4.99. The van der Waals surface area contributed by atoms with E-state index < -0.39 is 0 Å². The van der Waals surface area contributed by atoms with E-state index in [1.165, 1.54) is 17.3 Å². The Kier molecular flexibility index (Phi) is 6.91. The highest BCUT2D eigenvalue weighted by molar-refractivity contribution is 9.10. The molecule has 1 aromatic heterocycles. The van der Waals surface area contributed by atoms with Crippen molar-refractivity contribution in [3.63, 3.8) is 0 Å². The molecule has 6 heteroatoms. The van der Waals surface area contributed by atoms with Gasteiger partial charge in [0.2, 0.25) is 0 Å². The molecule has 182 valence electrons. The molecule has 1 fully saturated rings. The molecule has 4 aromatic rings. The Morgan fingerprint density at radius 1 is 1.00 bits per heavy atom. The molecule has 1 saturated heterocycles. The van der Waals surface area contributed by atoms with E-state index in [0.29, 0.717) is 11.4 Å². The monoisotopic (exact) mass is 557 g/mol.